The van der Waals surface area contributed by atoms with Gasteiger partial charge in [-0.25, -0.2) is 8.42 Å². The maximum Gasteiger partial charge on any atom is 0.259 e. The van der Waals surface area contributed by atoms with Crippen LogP contribution in [0.2, 0.25) is 10.0 Å². The van der Waals surface area contributed by atoms with Crippen LogP contribution in [0.15, 0.2) is 39.7 Å². The number of hydrogen-bond donors (Lipinski definition) is 0. The van der Waals surface area contributed by atoms with E-state index in [4.69, 9.17) is 23.2 Å². The molecule has 2 aromatic rings. The summed E-state index contributed by atoms with van der Waals surface area (Å²) in [5.74, 6) is -0.360. The fourth-order valence-electron chi connectivity index (χ4n) is 2.90. The summed E-state index contributed by atoms with van der Waals surface area (Å²) >= 11 is 15.9. The Labute approximate surface area is 164 Å². The number of aryl methyl sites for hydroxylation is 1. The molecule has 0 saturated heterocycles. The molecular formula is C17H14BrCl2NO3S. The molecule has 0 unspecified atom stereocenters. The number of hydrogen-bond acceptors (Lipinski definition) is 3. The van der Waals surface area contributed by atoms with Crippen molar-refractivity contribution in [1.82, 2.24) is 0 Å². The summed E-state index contributed by atoms with van der Waals surface area (Å²) in [6.07, 6.45) is 2.69. The third kappa shape index (κ3) is 3.72. The van der Waals surface area contributed by atoms with Crippen molar-refractivity contribution in [3.63, 3.8) is 0 Å². The first kappa shape index (κ1) is 18.7. The van der Waals surface area contributed by atoms with Crippen LogP contribution < -0.4 is 4.90 Å². The first-order valence-electron chi connectivity index (χ1n) is 7.48. The van der Waals surface area contributed by atoms with Crippen molar-refractivity contribution >= 4 is 60.6 Å². The van der Waals surface area contributed by atoms with Gasteiger partial charge in [0.25, 0.3) is 5.91 Å². The van der Waals surface area contributed by atoms with Gasteiger partial charge in [0.1, 0.15) is 0 Å². The Morgan fingerprint density at radius 2 is 1.88 bits per heavy atom. The van der Waals surface area contributed by atoms with Crippen molar-refractivity contribution < 1.29 is 13.2 Å². The Morgan fingerprint density at radius 1 is 1.16 bits per heavy atom. The van der Waals surface area contributed by atoms with Gasteiger partial charge in [-0.15, -0.1) is 0 Å². The highest BCUT2D eigenvalue weighted by Gasteiger charge is 2.28. The third-order valence-electron chi connectivity index (χ3n) is 4.05. The van der Waals surface area contributed by atoms with E-state index in [-0.39, 0.29) is 21.4 Å². The molecule has 25 heavy (non-hydrogen) atoms. The lowest BCUT2D eigenvalue weighted by atomic mass is 10.0. The molecule has 8 heteroatoms. The molecule has 0 aliphatic carbocycles. The van der Waals surface area contributed by atoms with Crippen LogP contribution in [-0.4, -0.2) is 27.1 Å². The summed E-state index contributed by atoms with van der Waals surface area (Å²) in [5.41, 5.74) is 1.77. The number of halogens is 3. The molecular weight excluding hydrogens is 449 g/mol. The number of sulfone groups is 1. The van der Waals surface area contributed by atoms with Gasteiger partial charge in [0, 0.05) is 17.3 Å². The largest absolute Gasteiger partial charge is 0.307 e. The van der Waals surface area contributed by atoms with E-state index >= 15 is 0 Å². The molecule has 2 aromatic carbocycles. The van der Waals surface area contributed by atoms with Crippen molar-refractivity contribution in [1.29, 1.82) is 0 Å². The Bertz CT molecular complexity index is 976. The molecule has 0 spiro atoms. The highest BCUT2D eigenvalue weighted by molar-refractivity contribution is 9.10. The van der Waals surface area contributed by atoms with Crippen LogP contribution in [0, 0.1) is 0 Å². The van der Waals surface area contributed by atoms with Crippen LogP contribution in [-0.2, 0) is 16.3 Å². The molecule has 3 rings (SSSR count). The van der Waals surface area contributed by atoms with E-state index in [1.807, 2.05) is 6.07 Å². The Morgan fingerprint density at radius 3 is 2.56 bits per heavy atom. The second kappa shape index (κ2) is 6.91. The minimum Gasteiger partial charge on any atom is -0.307 e. The Kier molecular flexibility index (Phi) is 5.17. The van der Waals surface area contributed by atoms with Gasteiger partial charge in [-0.1, -0.05) is 39.1 Å². The van der Waals surface area contributed by atoms with E-state index in [2.05, 4.69) is 15.9 Å². The van der Waals surface area contributed by atoms with E-state index < -0.39 is 9.84 Å². The van der Waals surface area contributed by atoms with Crippen LogP contribution >= 0.6 is 39.1 Å². The summed E-state index contributed by atoms with van der Waals surface area (Å²) in [6, 6.07) is 7.82. The normalized spacial score (nSPS) is 14.3. The van der Waals surface area contributed by atoms with E-state index in [1.54, 1.807) is 11.0 Å². The number of rotatable bonds is 2. The zero-order chi connectivity index (χ0) is 18.4. The standard InChI is InChI=1S/C17H14BrCl2NO3S/c1-25(23,24)12-4-5-14(19)13(9-12)17(22)21-6-2-3-10-7-11(18)8-15(20)16(10)21/h4-5,7-9H,2-3,6H2,1H3. The predicted octanol–water partition coefficient (Wildman–Crippen LogP) is 4.75. The lowest BCUT2D eigenvalue weighted by Crippen LogP contribution is -2.36. The fraction of sp³-hybridized carbons (Fsp3) is 0.235. The summed E-state index contributed by atoms with van der Waals surface area (Å²) in [4.78, 5) is 14.7. The van der Waals surface area contributed by atoms with Crippen molar-refractivity contribution in [2.75, 3.05) is 17.7 Å². The molecule has 0 atom stereocenters. The molecule has 0 bridgehead atoms. The van der Waals surface area contributed by atoms with E-state index in [1.165, 1.54) is 18.2 Å². The van der Waals surface area contributed by atoms with Gasteiger partial charge in [-0.2, -0.15) is 0 Å². The second-order valence-electron chi connectivity index (χ2n) is 5.87. The van der Waals surface area contributed by atoms with Gasteiger partial charge >= 0.3 is 0 Å². The molecule has 0 fully saturated rings. The fourth-order valence-corrected chi connectivity index (χ4v) is 4.72. The van der Waals surface area contributed by atoms with Gasteiger partial charge in [0.15, 0.2) is 9.84 Å². The summed E-state index contributed by atoms with van der Waals surface area (Å²) in [5, 5.41) is 0.672. The van der Waals surface area contributed by atoms with Crippen molar-refractivity contribution in [3.05, 3.63) is 56.0 Å². The quantitative estimate of drug-likeness (QED) is 0.646. The van der Waals surface area contributed by atoms with Crippen molar-refractivity contribution in [2.24, 2.45) is 0 Å². The van der Waals surface area contributed by atoms with Crippen molar-refractivity contribution in [3.8, 4) is 0 Å². The topological polar surface area (TPSA) is 54.5 Å². The molecule has 4 nitrogen and oxygen atoms in total. The molecule has 132 valence electrons. The number of benzene rings is 2. The minimum atomic E-state index is -3.44. The maximum absolute atomic E-state index is 13.1. The lowest BCUT2D eigenvalue weighted by molar-refractivity contribution is 0.0985. The van der Waals surface area contributed by atoms with Crippen LogP contribution in [0.4, 0.5) is 5.69 Å². The number of fused-ring (bicyclic) bond motifs is 1. The number of amides is 1. The van der Waals surface area contributed by atoms with E-state index in [9.17, 15) is 13.2 Å². The number of nitrogens with zero attached hydrogens (tertiary/aromatic N) is 1. The van der Waals surface area contributed by atoms with Crippen LogP contribution in [0.3, 0.4) is 0 Å². The SMILES string of the molecule is CS(=O)(=O)c1ccc(Cl)c(C(=O)N2CCCc3cc(Br)cc(Cl)c32)c1. The Hall–Kier alpha value is -1.08. The molecule has 1 heterocycles. The van der Waals surface area contributed by atoms with Gasteiger partial charge < -0.3 is 4.90 Å². The number of anilines is 1. The van der Waals surface area contributed by atoms with Gasteiger partial charge in [0.2, 0.25) is 0 Å². The highest BCUT2D eigenvalue weighted by atomic mass is 79.9. The number of carbonyl (C=O) groups excluding carboxylic acids is 1. The lowest BCUT2D eigenvalue weighted by Gasteiger charge is -2.31. The van der Waals surface area contributed by atoms with Crippen LogP contribution in [0.5, 0.6) is 0 Å². The van der Waals surface area contributed by atoms with Gasteiger partial charge in [-0.3, -0.25) is 4.79 Å². The van der Waals surface area contributed by atoms with Gasteiger partial charge in [0.05, 0.1) is 26.2 Å². The van der Waals surface area contributed by atoms with Crippen LogP contribution in [0.1, 0.15) is 22.3 Å². The number of carbonyl (C=O) groups is 1. The predicted molar refractivity (Wildman–Crippen MR) is 104 cm³/mol. The second-order valence-corrected chi connectivity index (χ2v) is 9.62. The maximum atomic E-state index is 13.1. The molecule has 0 saturated carbocycles. The molecule has 0 radical (unpaired) electrons. The summed E-state index contributed by atoms with van der Waals surface area (Å²) < 4.78 is 24.4. The third-order valence-corrected chi connectivity index (χ3v) is 6.23. The van der Waals surface area contributed by atoms with Crippen molar-refractivity contribution in [2.45, 2.75) is 17.7 Å². The first-order chi connectivity index (χ1) is 11.7. The summed E-state index contributed by atoms with van der Waals surface area (Å²) in [6.45, 7) is 0.493. The Balaban J connectivity index is 2.10. The smallest absolute Gasteiger partial charge is 0.259 e. The summed E-state index contributed by atoms with van der Waals surface area (Å²) in [7, 11) is -3.44. The van der Waals surface area contributed by atoms with E-state index in [0.717, 1.165) is 29.1 Å². The zero-order valence-corrected chi connectivity index (χ0v) is 17.1. The molecule has 1 amide bonds. The van der Waals surface area contributed by atoms with Gasteiger partial charge in [-0.05, 0) is 48.7 Å². The first-order valence-corrected chi connectivity index (χ1v) is 10.9. The molecule has 1 aliphatic rings. The van der Waals surface area contributed by atoms with E-state index in [0.29, 0.717) is 17.3 Å². The van der Waals surface area contributed by atoms with Crippen LogP contribution in [0.25, 0.3) is 0 Å². The molecule has 0 aromatic heterocycles. The highest BCUT2D eigenvalue weighted by Crippen LogP contribution is 2.38. The average molecular weight is 463 g/mol. The average Bonchev–Trinajstić information content (AvgIpc) is 2.52. The molecule has 0 N–H and O–H groups in total. The zero-order valence-electron chi connectivity index (χ0n) is 13.2. The minimum absolute atomic E-state index is 0.0550. The molecule has 1 aliphatic heterocycles. The monoisotopic (exact) mass is 461 g/mol.